The van der Waals surface area contributed by atoms with Crippen molar-refractivity contribution in [3.05, 3.63) is 34.7 Å². The van der Waals surface area contributed by atoms with E-state index in [1.807, 2.05) is 12.3 Å². The Morgan fingerprint density at radius 2 is 2.11 bits per heavy atom. The van der Waals surface area contributed by atoms with Gasteiger partial charge in [-0.25, -0.2) is 15.0 Å². The number of nitrogens with zero attached hydrogens (tertiary/aromatic N) is 3. The maximum Gasteiger partial charge on any atom is 0.137 e. The molecule has 0 aliphatic carbocycles. The van der Waals surface area contributed by atoms with Gasteiger partial charge in [-0.15, -0.1) is 0 Å². The summed E-state index contributed by atoms with van der Waals surface area (Å²) in [4.78, 5) is 16.0. The summed E-state index contributed by atoms with van der Waals surface area (Å²) in [7, 11) is 0. The van der Waals surface area contributed by atoms with Crippen molar-refractivity contribution >= 4 is 21.7 Å². The number of nitrogens with one attached hydrogen (secondary N) is 2. The monoisotopic (exact) mass is 323 g/mol. The first-order valence-electron chi connectivity index (χ1n) is 6.21. The molecule has 5 nitrogen and oxygen atoms in total. The van der Waals surface area contributed by atoms with Crippen molar-refractivity contribution in [2.24, 2.45) is 0 Å². The molecule has 0 amide bonds. The maximum atomic E-state index is 4.55. The van der Waals surface area contributed by atoms with Gasteiger partial charge in [0.1, 0.15) is 16.2 Å². The maximum absolute atomic E-state index is 4.55. The Labute approximate surface area is 121 Å². The summed E-state index contributed by atoms with van der Waals surface area (Å²) in [6, 6.07) is 1.89. The van der Waals surface area contributed by atoms with Crippen LogP contribution in [0.1, 0.15) is 32.3 Å². The third-order valence-electron chi connectivity index (χ3n) is 2.62. The first kappa shape index (κ1) is 14.0. The lowest BCUT2D eigenvalue weighted by Crippen LogP contribution is -2.18. The zero-order chi connectivity index (χ0) is 13.9. The fraction of sp³-hybridized carbons (Fsp3) is 0.462. The van der Waals surface area contributed by atoms with Crippen molar-refractivity contribution in [3.8, 4) is 0 Å². The van der Waals surface area contributed by atoms with Gasteiger partial charge in [-0.3, -0.25) is 0 Å². The molecule has 0 bridgehead atoms. The molecule has 2 N–H and O–H groups in total. The highest BCUT2D eigenvalue weighted by atomic mass is 79.9. The van der Waals surface area contributed by atoms with Gasteiger partial charge < -0.3 is 10.3 Å². The molecule has 0 fully saturated rings. The lowest BCUT2D eigenvalue weighted by atomic mass is 9.96. The van der Waals surface area contributed by atoms with Crippen LogP contribution in [0.2, 0.25) is 0 Å². The topological polar surface area (TPSA) is 66.5 Å². The molecule has 0 atom stereocenters. The second kappa shape index (κ2) is 5.69. The number of halogens is 1. The summed E-state index contributed by atoms with van der Waals surface area (Å²) < 4.78 is 0.802. The van der Waals surface area contributed by atoms with Gasteiger partial charge in [-0.1, -0.05) is 20.8 Å². The predicted octanol–water partition coefficient (Wildman–Crippen LogP) is 2.91. The van der Waals surface area contributed by atoms with Crippen molar-refractivity contribution in [1.29, 1.82) is 0 Å². The van der Waals surface area contributed by atoms with Gasteiger partial charge in [0.2, 0.25) is 0 Å². The van der Waals surface area contributed by atoms with Crippen LogP contribution < -0.4 is 5.32 Å². The third-order valence-corrected chi connectivity index (χ3v) is 3.03. The first-order chi connectivity index (χ1) is 8.95. The fourth-order valence-corrected chi connectivity index (χ4v) is 1.98. The van der Waals surface area contributed by atoms with Crippen LogP contribution in [-0.2, 0) is 11.8 Å². The van der Waals surface area contributed by atoms with E-state index in [0.717, 1.165) is 34.9 Å². The number of rotatable bonds is 4. The third kappa shape index (κ3) is 4.02. The molecule has 19 heavy (non-hydrogen) atoms. The largest absolute Gasteiger partial charge is 0.370 e. The van der Waals surface area contributed by atoms with Crippen LogP contribution in [0.3, 0.4) is 0 Å². The minimum absolute atomic E-state index is 0.0659. The molecular formula is C13H18BrN5. The fourth-order valence-electron chi connectivity index (χ4n) is 1.59. The van der Waals surface area contributed by atoms with Crippen LogP contribution in [0, 0.1) is 0 Å². The Morgan fingerprint density at radius 1 is 1.32 bits per heavy atom. The second-order valence-electron chi connectivity index (χ2n) is 5.40. The van der Waals surface area contributed by atoms with Crippen LogP contribution in [0.5, 0.6) is 0 Å². The molecule has 0 aliphatic heterocycles. The van der Waals surface area contributed by atoms with E-state index in [9.17, 15) is 0 Å². The molecule has 0 radical (unpaired) electrons. The number of aromatic nitrogens is 4. The highest BCUT2D eigenvalue weighted by Gasteiger charge is 2.18. The summed E-state index contributed by atoms with van der Waals surface area (Å²) >= 11 is 3.43. The van der Waals surface area contributed by atoms with E-state index in [-0.39, 0.29) is 5.41 Å². The van der Waals surface area contributed by atoms with E-state index in [2.05, 4.69) is 62.0 Å². The summed E-state index contributed by atoms with van der Waals surface area (Å²) in [6.07, 6.45) is 4.40. The number of aromatic amines is 1. The Bertz CT molecular complexity index is 530. The predicted molar refractivity (Wildman–Crippen MR) is 79.2 cm³/mol. The number of anilines is 1. The molecule has 2 aromatic rings. The molecule has 2 heterocycles. The van der Waals surface area contributed by atoms with Gasteiger partial charge in [0.15, 0.2) is 0 Å². The lowest BCUT2D eigenvalue weighted by molar-refractivity contribution is 0.544. The van der Waals surface area contributed by atoms with Crippen molar-refractivity contribution in [2.45, 2.75) is 32.6 Å². The second-order valence-corrected chi connectivity index (χ2v) is 6.22. The molecule has 102 valence electrons. The Morgan fingerprint density at radius 3 is 2.74 bits per heavy atom. The molecule has 2 aromatic heterocycles. The normalized spacial score (nSPS) is 11.6. The van der Waals surface area contributed by atoms with E-state index in [1.54, 1.807) is 6.33 Å². The van der Waals surface area contributed by atoms with E-state index < -0.39 is 0 Å². The van der Waals surface area contributed by atoms with Crippen molar-refractivity contribution < 1.29 is 0 Å². The summed E-state index contributed by atoms with van der Waals surface area (Å²) in [5.41, 5.74) is 1.04. The molecule has 0 aromatic carbocycles. The van der Waals surface area contributed by atoms with Gasteiger partial charge in [-0.2, -0.15) is 0 Å². The summed E-state index contributed by atoms with van der Waals surface area (Å²) in [6.45, 7) is 7.10. The minimum Gasteiger partial charge on any atom is -0.370 e. The first-order valence-corrected chi connectivity index (χ1v) is 7.00. The van der Waals surface area contributed by atoms with Crippen LogP contribution in [0.4, 0.5) is 5.82 Å². The average molecular weight is 324 g/mol. The van der Waals surface area contributed by atoms with E-state index in [4.69, 9.17) is 0 Å². The highest BCUT2D eigenvalue weighted by Crippen LogP contribution is 2.22. The zero-order valence-electron chi connectivity index (χ0n) is 11.4. The minimum atomic E-state index is -0.0659. The van der Waals surface area contributed by atoms with Gasteiger partial charge in [0.05, 0.1) is 6.33 Å². The van der Waals surface area contributed by atoms with Gasteiger partial charge >= 0.3 is 0 Å². The van der Waals surface area contributed by atoms with Gasteiger partial charge in [0, 0.05) is 36.3 Å². The van der Waals surface area contributed by atoms with Crippen molar-refractivity contribution in [3.63, 3.8) is 0 Å². The SMILES string of the molecule is CC(C)(C)c1nc(Br)cc(NCCc2cnc[nH]2)n1. The smallest absolute Gasteiger partial charge is 0.137 e. The molecule has 0 spiro atoms. The molecule has 0 saturated carbocycles. The highest BCUT2D eigenvalue weighted by molar-refractivity contribution is 9.10. The summed E-state index contributed by atoms with van der Waals surface area (Å²) in [5, 5.41) is 3.31. The zero-order valence-corrected chi connectivity index (χ0v) is 13.0. The van der Waals surface area contributed by atoms with Gasteiger partial charge in [-0.05, 0) is 15.9 Å². The Balaban J connectivity index is 2.02. The molecule has 0 unspecified atom stereocenters. The quantitative estimate of drug-likeness (QED) is 0.849. The molecule has 6 heteroatoms. The summed E-state index contributed by atoms with van der Waals surface area (Å²) in [5.74, 6) is 1.66. The lowest BCUT2D eigenvalue weighted by Gasteiger charge is -2.17. The van der Waals surface area contributed by atoms with Crippen LogP contribution in [-0.4, -0.2) is 26.5 Å². The van der Waals surface area contributed by atoms with Gasteiger partial charge in [0.25, 0.3) is 0 Å². The van der Waals surface area contributed by atoms with Crippen LogP contribution in [0.25, 0.3) is 0 Å². The van der Waals surface area contributed by atoms with E-state index in [0.29, 0.717) is 0 Å². The molecule has 2 rings (SSSR count). The average Bonchev–Trinajstić information content (AvgIpc) is 2.80. The van der Waals surface area contributed by atoms with Crippen molar-refractivity contribution in [2.75, 3.05) is 11.9 Å². The number of imidazole rings is 1. The van der Waals surface area contributed by atoms with E-state index >= 15 is 0 Å². The number of H-pyrrole nitrogens is 1. The molecule has 0 aliphatic rings. The van der Waals surface area contributed by atoms with E-state index in [1.165, 1.54) is 0 Å². The molecular weight excluding hydrogens is 306 g/mol. The standard InChI is InChI=1S/C13H18BrN5/c1-13(2,3)12-18-10(14)6-11(19-12)16-5-4-9-7-15-8-17-9/h6-8H,4-5H2,1-3H3,(H,15,17)(H,16,18,19). The van der Waals surface area contributed by atoms with Crippen molar-refractivity contribution in [1.82, 2.24) is 19.9 Å². The Kier molecular flexibility index (Phi) is 4.19. The Hall–Kier alpha value is -1.43. The number of hydrogen-bond donors (Lipinski definition) is 2. The van der Waals surface area contributed by atoms with Crippen LogP contribution in [0.15, 0.2) is 23.2 Å². The number of hydrogen-bond acceptors (Lipinski definition) is 4. The molecule has 0 saturated heterocycles. The van der Waals surface area contributed by atoms with Crippen LogP contribution >= 0.6 is 15.9 Å².